The van der Waals surface area contributed by atoms with E-state index in [1.54, 1.807) is 7.05 Å². The van der Waals surface area contributed by atoms with Crippen LogP contribution in [0.15, 0.2) is 0 Å². The van der Waals surface area contributed by atoms with Crippen molar-refractivity contribution in [3.8, 4) is 12.3 Å². The minimum atomic E-state index is -0.409. The Kier molecular flexibility index (Phi) is 4.32. The summed E-state index contributed by atoms with van der Waals surface area (Å²) < 4.78 is 0. The zero-order valence-corrected chi connectivity index (χ0v) is 7.00. The van der Waals surface area contributed by atoms with Gasteiger partial charge >= 0.3 is 0 Å². The highest BCUT2D eigenvalue weighted by Gasteiger charge is 2.14. The summed E-state index contributed by atoms with van der Waals surface area (Å²) in [4.78, 5) is 12.6. The maximum Gasteiger partial charge on any atom is 0.239 e. The van der Waals surface area contributed by atoms with Crippen LogP contribution >= 0.6 is 0 Å². The number of carbonyl (C=O) groups excluding carboxylic acids is 1. The van der Waals surface area contributed by atoms with Crippen molar-refractivity contribution in [3.63, 3.8) is 0 Å². The van der Waals surface area contributed by atoms with Gasteiger partial charge in [0.25, 0.3) is 0 Å². The SMILES string of the molecule is C#CCN(C)C(=O)C(N)CC. The maximum absolute atomic E-state index is 11.2. The predicted molar refractivity (Wildman–Crippen MR) is 44.7 cm³/mol. The van der Waals surface area contributed by atoms with Gasteiger partial charge in [-0.3, -0.25) is 4.79 Å². The first-order chi connectivity index (χ1) is 5.13. The molecule has 0 radical (unpaired) electrons. The molecule has 0 bridgehead atoms. The lowest BCUT2D eigenvalue weighted by atomic mass is 10.2. The second-order valence-corrected chi connectivity index (χ2v) is 2.41. The molecule has 11 heavy (non-hydrogen) atoms. The number of carbonyl (C=O) groups is 1. The van der Waals surface area contributed by atoms with Gasteiger partial charge in [-0.2, -0.15) is 0 Å². The van der Waals surface area contributed by atoms with Gasteiger partial charge in [0.2, 0.25) is 5.91 Å². The fraction of sp³-hybridized carbons (Fsp3) is 0.625. The molecule has 0 saturated heterocycles. The number of amides is 1. The topological polar surface area (TPSA) is 46.3 Å². The number of hydrogen-bond acceptors (Lipinski definition) is 2. The number of nitrogens with two attached hydrogens (primary N) is 1. The van der Waals surface area contributed by atoms with Crippen LogP contribution < -0.4 is 5.73 Å². The third-order valence-electron chi connectivity index (χ3n) is 1.46. The van der Waals surface area contributed by atoms with Crippen LogP contribution in [0, 0.1) is 12.3 Å². The fourth-order valence-corrected chi connectivity index (χ4v) is 0.673. The second-order valence-electron chi connectivity index (χ2n) is 2.41. The van der Waals surface area contributed by atoms with Crippen LogP contribution in [0.3, 0.4) is 0 Å². The molecule has 0 heterocycles. The largest absolute Gasteiger partial charge is 0.333 e. The third-order valence-corrected chi connectivity index (χ3v) is 1.46. The first-order valence-corrected chi connectivity index (χ1v) is 3.57. The van der Waals surface area contributed by atoms with Gasteiger partial charge in [-0.25, -0.2) is 0 Å². The maximum atomic E-state index is 11.2. The van der Waals surface area contributed by atoms with Crippen molar-refractivity contribution in [3.05, 3.63) is 0 Å². The summed E-state index contributed by atoms with van der Waals surface area (Å²) in [6.07, 6.45) is 5.67. The second kappa shape index (κ2) is 4.75. The molecule has 0 rings (SSSR count). The quantitative estimate of drug-likeness (QED) is 0.573. The van der Waals surface area contributed by atoms with Crippen LogP contribution in [-0.2, 0) is 4.79 Å². The summed E-state index contributed by atoms with van der Waals surface area (Å²) in [7, 11) is 1.65. The highest BCUT2D eigenvalue weighted by atomic mass is 16.2. The van der Waals surface area contributed by atoms with Gasteiger partial charge in [0.15, 0.2) is 0 Å². The van der Waals surface area contributed by atoms with E-state index in [0.29, 0.717) is 13.0 Å². The number of nitrogens with zero attached hydrogens (tertiary/aromatic N) is 1. The number of terminal acetylenes is 1. The van der Waals surface area contributed by atoms with Gasteiger partial charge in [0.05, 0.1) is 12.6 Å². The van der Waals surface area contributed by atoms with Crippen LogP contribution in [0.5, 0.6) is 0 Å². The first-order valence-electron chi connectivity index (χ1n) is 3.57. The Morgan fingerprint density at radius 1 is 1.82 bits per heavy atom. The molecule has 1 unspecified atom stereocenters. The van der Waals surface area contributed by atoms with E-state index in [-0.39, 0.29) is 5.91 Å². The zero-order chi connectivity index (χ0) is 8.85. The van der Waals surface area contributed by atoms with Gasteiger partial charge < -0.3 is 10.6 Å². The molecule has 0 spiro atoms. The molecule has 0 aromatic heterocycles. The molecular weight excluding hydrogens is 140 g/mol. The molecule has 0 aromatic carbocycles. The highest BCUT2D eigenvalue weighted by Crippen LogP contribution is 1.92. The molecular formula is C8H14N2O. The Hall–Kier alpha value is -1.01. The molecule has 0 aliphatic carbocycles. The van der Waals surface area contributed by atoms with Gasteiger partial charge in [0, 0.05) is 7.05 Å². The smallest absolute Gasteiger partial charge is 0.239 e. The molecule has 0 saturated carbocycles. The van der Waals surface area contributed by atoms with Crippen LogP contribution in [0.1, 0.15) is 13.3 Å². The van der Waals surface area contributed by atoms with E-state index in [2.05, 4.69) is 5.92 Å². The number of hydrogen-bond donors (Lipinski definition) is 1. The average molecular weight is 154 g/mol. The Bertz CT molecular complexity index is 171. The normalized spacial score (nSPS) is 11.8. The van der Waals surface area contributed by atoms with Crippen molar-refractivity contribution in [1.82, 2.24) is 4.90 Å². The average Bonchev–Trinajstić information content (AvgIpc) is 2.02. The van der Waals surface area contributed by atoms with Crippen LogP contribution in [0.2, 0.25) is 0 Å². The minimum Gasteiger partial charge on any atom is -0.333 e. The highest BCUT2D eigenvalue weighted by molar-refractivity contribution is 5.81. The van der Waals surface area contributed by atoms with E-state index < -0.39 is 6.04 Å². The molecule has 0 fully saturated rings. The van der Waals surface area contributed by atoms with Gasteiger partial charge in [0.1, 0.15) is 0 Å². The Balaban J connectivity index is 3.93. The van der Waals surface area contributed by atoms with E-state index in [9.17, 15) is 4.79 Å². The van der Waals surface area contributed by atoms with E-state index in [0.717, 1.165) is 0 Å². The van der Waals surface area contributed by atoms with Crippen LogP contribution in [0.25, 0.3) is 0 Å². The van der Waals surface area contributed by atoms with Crippen LogP contribution in [-0.4, -0.2) is 30.4 Å². The molecule has 0 aliphatic rings. The summed E-state index contributed by atoms with van der Waals surface area (Å²) >= 11 is 0. The first kappa shape index (κ1) is 9.99. The molecule has 62 valence electrons. The van der Waals surface area contributed by atoms with E-state index in [1.165, 1.54) is 4.90 Å². The predicted octanol–water partition coefficient (Wildman–Crippen LogP) is -0.185. The summed E-state index contributed by atoms with van der Waals surface area (Å²) in [6.45, 7) is 2.19. The van der Waals surface area contributed by atoms with Crippen molar-refractivity contribution >= 4 is 5.91 Å². The van der Waals surface area contributed by atoms with Gasteiger partial charge in [-0.1, -0.05) is 12.8 Å². The summed E-state index contributed by atoms with van der Waals surface area (Å²) in [5, 5.41) is 0. The molecule has 3 nitrogen and oxygen atoms in total. The molecule has 1 amide bonds. The fourth-order valence-electron chi connectivity index (χ4n) is 0.673. The molecule has 1 atom stereocenters. The van der Waals surface area contributed by atoms with Crippen molar-refractivity contribution in [2.24, 2.45) is 5.73 Å². The molecule has 0 aromatic rings. The van der Waals surface area contributed by atoms with E-state index in [1.807, 2.05) is 6.92 Å². The lowest BCUT2D eigenvalue weighted by Gasteiger charge is -2.17. The number of likely N-dealkylation sites (N-methyl/N-ethyl adjacent to an activating group) is 1. The van der Waals surface area contributed by atoms with Crippen LogP contribution in [0.4, 0.5) is 0 Å². The Morgan fingerprint density at radius 3 is 2.73 bits per heavy atom. The van der Waals surface area contributed by atoms with Gasteiger partial charge in [-0.15, -0.1) is 6.42 Å². The summed E-state index contributed by atoms with van der Waals surface area (Å²) in [6, 6.07) is -0.409. The Morgan fingerprint density at radius 2 is 2.36 bits per heavy atom. The summed E-state index contributed by atoms with van der Waals surface area (Å²) in [5.41, 5.74) is 5.49. The monoisotopic (exact) mass is 154 g/mol. The number of rotatable bonds is 3. The minimum absolute atomic E-state index is 0.0922. The summed E-state index contributed by atoms with van der Waals surface area (Å²) in [5.74, 6) is 2.28. The van der Waals surface area contributed by atoms with Crippen molar-refractivity contribution in [2.45, 2.75) is 19.4 Å². The molecule has 2 N–H and O–H groups in total. The molecule has 0 aliphatic heterocycles. The molecule has 3 heteroatoms. The van der Waals surface area contributed by atoms with Gasteiger partial charge in [-0.05, 0) is 6.42 Å². The zero-order valence-electron chi connectivity index (χ0n) is 7.00. The van der Waals surface area contributed by atoms with Crippen molar-refractivity contribution in [2.75, 3.05) is 13.6 Å². The Labute approximate surface area is 67.6 Å². The van der Waals surface area contributed by atoms with E-state index in [4.69, 9.17) is 12.2 Å². The third kappa shape index (κ3) is 3.06. The van der Waals surface area contributed by atoms with E-state index >= 15 is 0 Å². The lowest BCUT2D eigenvalue weighted by molar-refractivity contribution is -0.130. The lowest BCUT2D eigenvalue weighted by Crippen LogP contribution is -2.41. The van der Waals surface area contributed by atoms with Crippen molar-refractivity contribution < 1.29 is 4.79 Å². The standard InChI is InChI=1S/C8H14N2O/c1-4-6-10(3)8(11)7(9)5-2/h1,7H,5-6,9H2,2-3H3. The van der Waals surface area contributed by atoms with Crippen molar-refractivity contribution in [1.29, 1.82) is 0 Å².